The van der Waals surface area contributed by atoms with E-state index in [0.717, 1.165) is 37.2 Å². The maximum Gasteiger partial charge on any atom is 0.269 e. The SMILES string of the molecule is C=CC(=O)N1CCC[C@@H](Oc2nc(Nc3cccc(OC)c3)ncc2F)C1.C=CC(=O)Nc1cccc(Nc2nc(Nc3ccc(Cl)c(OCC(C)(C)O)c3)ncc2F)c1.C=CC(=O)Nc1cccc(Nc2nc(Nc3ccc(Oc4ccnc(C(=O)NC)c4)cc3)ncc2F)c1. The number of anilines is 12. The molecule has 0 unspecified atom stereocenters. The number of carbonyl (C=O) groups is 4. The van der Waals surface area contributed by atoms with E-state index >= 15 is 0 Å². The monoisotopic (exact) mass is 1340 g/mol. The number of amides is 4. The van der Waals surface area contributed by atoms with Crippen LogP contribution in [-0.4, -0.2) is 114 Å². The van der Waals surface area contributed by atoms with Gasteiger partial charge in [0.2, 0.25) is 41.4 Å². The Bertz CT molecular complexity index is 4280. The van der Waals surface area contributed by atoms with Gasteiger partial charge >= 0.3 is 0 Å². The molecule has 1 atom stereocenters. The van der Waals surface area contributed by atoms with Crippen LogP contribution in [0.1, 0.15) is 37.2 Å². The van der Waals surface area contributed by atoms with Gasteiger partial charge in [0.15, 0.2) is 23.3 Å². The predicted octanol–water partition coefficient (Wildman–Crippen LogP) is 12.7. The fourth-order valence-electron chi connectivity index (χ4n) is 8.56. The Morgan fingerprint density at radius 1 is 0.629 bits per heavy atom. The molecule has 9 aromatic rings. The van der Waals surface area contributed by atoms with Crippen molar-refractivity contribution in [1.29, 1.82) is 0 Å². The quantitative estimate of drug-likeness (QED) is 0.0254. The first-order valence-corrected chi connectivity index (χ1v) is 29.9. The number of nitrogens with one attached hydrogen (secondary N) is 8. The van der Waals surface area contributed by atoms with Crippen LogP contribution in [-0.2, 0) is 14.4 Å². The van der Waals surface area contributed by atoms with Gasteiger partial charge in [0, 0.05) is 77.8 Å². The van der Waals surface area contributed by atoms with E-state index in [9.17, 15) is 37.5 Å². The van der Waals surface area contributed by atoms with E-state index in [-0.39, 0.29) is 77.4 Å². The zero-order valence-corrected chi connectivity index (χ0v) is 53.5. The van der Waals surface area contributed by atoms with E-state index in [1.807, 2.05) is 18.2 Å². The molecule has 500 valence electrons. The third-order valence-corrected chi connectivity index (χ3v) is 13.4. The number of nitrogens with zero attached hydrogens (tertiary/aromatic N) is 8. The second-order valence-corrected chi connectivity index (χ2v) is 21.6. The molecule has 0 radical (unpaired) electrons. The van der Waals surface area contributed by atoms with Crippen LogP contribution in [0.4, 0.5) is 82.5 Å². The molecule has 1 saturated heterocycles. The van der Waals surface area contributed by atoms with Crippen LogP contribution in [0.25, 0.3) is 0 Å². The Morgan fingerprint density at radius 2 is 1.16 bits per heavy atom. The maximum atomic E-state index is 14.4. The summed E-state index contributed by atoms with van der Waals surface area (Å²) in [5.74, 6) is -0.887. The molecule has 5 aromatic carbocycles. The van der Waals surface area contributed by atoms with Crippen LogP contribution < -0.4 is 61.5 Å². The second kappa shape index (κ2) is 34.1. The number of hydrogen-bond donors (Lipinski definition) is 9. The van der Waals surface area contributed by atoms with Crippen LogP contribution >= 0.6 is 11.6 Å². The number of likely N-dealkylation sites (tertiary alicyclic amines) is 1. The molecule has 1 aliphatic heterocycles. The van der Waals surface area contributed by atoms with Crippen molar-refractivity contribution in [3.8, 4) is 28.9 Å². The molecule has 1 aliphatic rings. The van der Waals surface area contributed by atoms with Gasteiger partial charge in [0.05, 0.1) is 42.9 Å². The summed E-state index contributed by atoms with van der Waals surface area (Å²) < 4.78 is 65.1. The molecule has 5 heterocycles. The lowest BCUT2D eigenvalue weighted by Gasteiger charge is -2.32. The minimum absolute atomic E-state index is 0.0452. The van der Waals surface area contributed by atoms with Crippen molar-refractivity contribution in [2.75, 3.05) is 71.1 Å². The molecule has 25 nitrogen and oxygen atoms in total. The molecule has 1 fully saturated rings. The molecule has 9 N–H and O–H groups in total. The highest BCUT2D eigenvalue weighted by Gasteiger charge is 2.26. The second-order valence-electron chi connectivity index (χ2n) is 21.2. The molecule has 97 heavy (non-hydrogen) atoms. The highest BCUT2D eigenvalue weighted by molar-refractivity contribution is 6.32. The lowest BCUT2D eigenvalue weighted by molar-refractivity contribution is -0.128. The van der Waals surface area contributed by atoms with E-state index < -0.39 is 23.1 Å². The molecule has 0 aliphatic carbocycles. The topological polar surface area (TPSA) is 315 Å². The van der Waals surface area contributed by atoms with Crippen molar-refractivity contribution in [3.05, 3.63) is 218 Å². The van der Waals surface area contributed by atoms with Crippen LogP contribution in [0.5, 0.6) is 28.9 Å². The number of pyridine rings is 1. The number of halogens is 4. The largest absolute Gasteiger partial charge is 0.497 e. The molecular weight excluding hydrogens is 1280 g/mol. The fourth-order valence-corrected chi connectivity index (χ4v) is 8.73. The third kappa shape index (κ3) is 22.0. The smallest absolute Gasteiger partial charge is 0.269 e. The van der Waals surface area contributed by atoms with E-state index in [0.29, 0.717) is 87.3 Å². The highest BCUT2D eigenvalue weighted by atomic mass is 35.5. The summed E-state index contributed by atoms with van der Waals surface area (Å²) in [5.41, 5.74) is 3.16. The molecule has 0 bridgehead atoms. The number of hydrogen-bond acceptors (Lipinski definition) is 21. The summed E-state index contributed by atoms with van der Waals surface area (Å²) in [7, 11) is 3.10. The van der Waals surface area contributed by atoms with Crippen LogP contribution in [0, 0.1) is 17.5 Å². The van der Waals surface area contributed by atoms with Gasteiger partial charge in [-0.15, -0.1) is 0 Å². The first-order chi connectivity index (χ1) is 46.6. The summed E-state index contributed by atoms with van der Waals surface area (Å²) in [5, 5.41) is 32.7. The van der Waals surface area contributed by atoms with Gasteiger partial charge in [-0.25, -0.2) is 23.7 Å². The van der Waals surface area contributed by atoms with Gasteiger partial charge in [0.1, 0.15) is 41.4 Å². The van der Waals surface area contributed by atoms with E-state index in [2.05, 4.69) is 97.2 Å². The zero-order chi connectivity index (χ0) is 69.4. The Balaban J connectivity index is 0.000000188. The van der Waals surface area contributed by atoms with E-state index in [1.165, 1.54) is 25.4 Å². The molecule has 10 rings (SSSR count). The molecule has 0 saturated carbocycles. The van der Waals surface area contributed by atoms with Crippen LogP contribution in [0.3, 0.4) is 0 Å². The number of piperidine rings is 1. The van der Waals surface area contributed by atoms with Crippen molar-refractivity contribution in [1.82, 2.24) is 45.1 Å². The first kappa shape index (κ1) is 70.7. The normalized spacial score (nSPS) is 12.2. The lowest BCUT2D eigenvalue weighted by atomic mass is 10.1. The van der Waals surface area contributed by atoms with Gasteiger partial charge < -0.3 is 71.5 Å². The number of carbonyl (C=O) groups excluding carboxylic acids is 4. The zero-order valence-electron chi connectivity index (χ0n) is 52.7. The average Bonchev–Trinajstić information content (AvgIpc) is 2.50. The summed E-state index contributed by atoms with van der Waals surface area (Å²) in [6.45, 7) is 14.6. The van der Waals surface area contributed by atoms with Gasteiger partial charge in [-0.3, -0.25) is 24.2 Å². The van der Waals surface area contributed by atoms with Crippen molar-refractivity contribution in [2.24, 2.45) is 0 Å². The van der Waals surface area contributed by atoms with Crippen LogP contribution in [0.2, 0.25) is 5.02 Å². The van der Waals surface area contributed by atoms with Gasteiger partial charge in [-0.05, 0) is 136 Å². The number of ether oxygens (including phenoxy) is 4. The number of aliphatic hydroxyl groups is 1. The first-order valence-electron chi connectivity index (χ1n) is 29.5. The number of benzene rings is 5. The third-order valence-electron chi connectivity index (χ3n) is 13.1. The van der Waals surface area contributed by atoms with E-state index in [4.69, 9.17) is 30.5 Å². The molecule has 4 amide bonds. The molecular formula is C68H66ClF3N16O9. The standard InChI is InChI=1S/C26H22FN7O3.C23H23ClFN5O3.C19H21FN4O3/c1-3-23(35)31-17-5-4-6-18(13-17)32-24-21(27)15-30-26(34-24)33-16-7-9-19(10-8-16)37-20-11-12-29-22(14-20)25(36)28-2;1-4-20(31)27-14-6-5-7-15(10-14)28-21-18(25)12-26-22(30-21)29-16-8-9-17(24)19(11-16)33-13-23(2,3)32;1-3-17(25)24-9-5-8-15(12-24)27-18-16(20)11-21-19(23-18)22-13-6-4-7-14(10-13)26-2/h3-15H,1H2,2H3,(H,28,36)(H,31,35)(H2,30,32,33,34);4-12,32H,1,13H2,2-3H3,(H,27,31)(H2,26,28,29,30);3-4,6-7,10-11,15H,1,5,8-9,12H2,2H3,(H,21,22,23)/t;;15-/m..1/s1. The van der Waals surface area contributed by atoms with E-state index in [1.54, 1.807) is 129 Å². The summed E-state index contributed by atoms with van der Waals surface area (Å²) >= 11 is 6.16. The molecule has 0 spiro atoms. The molecule has 29 heteroatoms. The highest BCUT2D eigenvalue weighted by Crippen LogP contribution is 2.32. The number of rotatable bonds is 24. The summed E-state index contributed by atoms with van der Waals surface area (Å²) in [6, 6.07) is 35.7. The Labute approximate surface area is 560 Å². The lowest BCUT2D eigenvalue weighted by Crippen LogP contribution is -2.43. The minimum Gasteiger partial charge on any atom is -0.497 e. The number of methoxy groups -OCH3 is 1. The Morgan fingerprint density at radius 3 is 1.73 bits per heavy atom. The van der Waals surface area contributed by atoms with Gasteiger partial charge in [-0.1, -0.05) is 49.5 Å². The predicted molar refractivity (Wildman–Crippen MR) is 364 cm³/mol. The summed E-state index contributed by atoms with van der Waals surface area (Å²) in [6.07, 6.45) is 9.34. The molecule has 4 aromatic heterocycles. The van der Waals surface area contributed by atoms with Crippen molar-refractivity contribution < 1.29 is 56.4 Å². The Hall–Kier alpha value is -12.2. The van der Waals surface area contributed by atoms with Gasteiger partial charge in [0.25, 0.3) is 11.8 Å². The maximum absolute atomic E-state index is 14.4. The van der Waals surface area contributed by atoms with Crippen molar-refractivity contribution >= 4 is 105 Å². The van der Waals surface area contributed by atoms with Gasteiger partial charge in [-0.2, -0.15) is 19.3 Å². The Kier molecular flexibility index (Phi) is 24.9. The van der Waals surface area contributed by atoms with Crippen molar-refractivity contribution in [2.45, 2.75) is 38.4 Å². The average molecular weight is 1340 g/mol. The minimum atomic E-state index is -1.03. The number of aromatic nitrogens is 7. The summed E-state index contributed by atoms with van der Waals surface area (Å²) in [4.78, 5) is 76.6. The van der Waals surface area contributed by atoms with Crippen LogP contribution in [0.15, 0.2) is 190 Å². The fraction of sp³-hybridized carbons (Fsp3) is 0.162. The van der Waals surface area contributed by atoms with Crippen molar-refractivity contribution in [3.63, 3.8) is 0 Å².